The molecule has 0 unspecified atom stereocenters. The van der Waals surface area contributed by atoms with Gasteiger partial charge in [0.2, 0.25) is 5.88 Å². The molecular formula is C6H6F2N2O2. The number of aromatic nitrogens is 1. The van der Waals surface area contributed by atoms with Crippen molar-refractivity contribution in [2.75, 3.05) is 5.73 Å². The minimum Gasteiger partial charge on any atom is -0.493 e. The predicted molar refractivity (Wildman–Crippen MR) is 38.1 cm³/mol. The number of nitrogens with one attached hydrogen (secondary N) is 1. The highest BCUT2D eigenvalue weighted by atomic mass is 19.3. The van der Waals surface area contributed by atoms with E-state index in [0.717, 1.165) is 0 Å². The van der Waals surface area contributed by atoms with E-state index in [1.165, 1.54) is 0 Å². The minimum absolute atomic E-state index is 0.496. The number of aromatic hydroxyl groups is 1. The number of alkyl halides is 2. The molecule has 0 saturated carbocycles. The number of pyridine rings is 1. The van der Waals surface area contributed by atoms with Gasteiger partial charge in [-0.05, 0) is 0 Å². The molecule has 0 aliphatic carbocycles. The smallest absolute Gasteiger partial charge is 0.266 e. The third-order valence-electron chi connectivity index (χ3n) is 1.33. The van der Waals surface area contributed by atoms with Crippen LogP contribution in [-0.2, 0) is 0 Å². The van der Waals surface area contributed by atoms with Gasteiger partial charge in [-0.25, -0.2) is 8.78 Å². The quantitative estimate of drug-likeness (QED) is 0.586. The number of rotatable bonds is 1. The summed E-state index contributed by atoms with van der Waals surface area (Å²) < 4.78 is 24.1. The molecule has 66 valence electrons. The standard InChI is InChI=1S/C6H6F2N2O2/c7-5(8)2-1-3(11)10-6(12)4(2)9/h1,5H,9H2,(H2,10,11,12). The predicted octanol–water partition coefficient (Wildman–Crippen LogP) is 0.600. The Morgan fingerprint density at radius 2 is 2.17 bits per heavy atom. The summed E-state index contributed by atoms with van der Waals surface area (Å²) in [4.78, 5) is 12.4. The van der Waals surface area contributed by atoms with Gasteiger partial charge in [-0.1, -0.05) is 0 Å². The van der Waals surface area contributed by atoms with Crippen molar-refractivity contribution in [3.63, 3.8) is 0 Å². The van der Waals surface area contributed by atoms with Gasteiger partial charge in [-0.15, -0.1) is 0 Å². The summed E-state index contributed by atoms with van der Waals surface area (Å²) >= 11 is 0. The molecular weight excluding hydrogens is 170 g/mol. The molecule has 0 atom stereocenters. The maximum atomic E-state index is 12.0. The van der Waals surface area contributed by atoms with Crippen molar-refractivity contribution in [3.05, 3.63) is 22.0 Å². The van der Waals surface area contributed by atoms with E-state index in [0.29, 0.717) is 6.07 Å². The molecule has 0 amide bonds. The van der Waals surface area contributed by atoms with Gasteiger partial charge in [0.05, 0.1) is 5.56 Å². The van der Waals surface area contributed by atoms with Gasteiger partial charge >= 0.3 is 0 Å². The van der Waals surface area contributed by atoms with Crippen LogP contribution in [-0.4, -0.2) is 10.1 Å². The molecule has 1 rings (SSSR count). The molecule has 4 N–H and O–H groups in total. The fourth-order valence-corrected chi connectivity index (χ4v) is 0.756. The lowest BCUT2D eigenvalue weighted by molar-refractivity contribution is 0.151. The Morgan fingerprint density at radius 3 is 2.67 bits per heavy atom. The first-order chi connectivity index (χ1) is 5.52. The average molecular weight is 176 g/mol. The molecule has 0 aromatic carbocycles. The maximum absolute atomic E-state index is 12.0. The summed E-state index contributed by atoms with van der Waals surface area (Å²) in [7, 11) is 0. The highest BCUT2D eigenvalue weighted by molar-refractivity contribution is 5.54. The molecule has 0 saturated heterocycles. The summed E-state index contributed by atoms with van der Waals surface area (Å²) in [6.45, 7) is 0. The molecule has 0 spiro atoms. The number of H-pyrrole nitrogens is 1. The first-order valence-electron chi connectivity index (χ1n) is 3.02. The number of halogens is 2. The largest absolute Gasteiger partial charge is 0.493 e. The van der Waals surface area contributed by atoms with E-state index in [9.17, 15) is 13.6 Å². The highest BCUT2D eigenvalue weighted by Gasteiger charge is 2.14. The highest BCUT2D eigenvalue weighted by Crippen LogP contribution is 2.27. The Balaban J connectivity index is 3.38. The van der Waals surface area contributed by atoms with E-state index < -0.39 is 29.1 Å². The molecule has 0 fully saturated rings. The lowest BCUT2D eigenvalue weighted by Gasteiger charge is -2.04. The molecule has 6 heteroatoms. The topological polar surface area (TPSA) is 79.1 Å². The normalized spacial score (nSPS) is 10.6. The fraction of sp³-hybridized carbons (Fsp3) is 0.167. The van der Waals surface area contributed by atoms with Gasteiger partial charge < -0.3 is 10.8 Å². The molecule has 0 bridgehead atoms. The number of nitrogens with two attached hydrogens (primary N) is 1. The van der Waals surface area contributed by atoms with Crippen LogP contribution in [0.15, 0.2) is 10.9 Å². The number of hydrogen-bond donors (Lipinski definition) is 3. The summed E-state index contributed by atoms with van der Waals surface area (Å²) in [6, 6.07) is 0.652. The van der Waals surface area contributed by atoms with Gasteiger partial charge in [0.25, 0.3) is 12.0 Å². The molecule has 0 radical (unpaired) electrons. The van der Waals surface area contributed by atoms with Crippen LogP contribution in [0.4, 0.5) is 14.5 Å². The SMILES string of the molecule is Nc1c(C(F)F)cc(=O)[nH]c1O. The van der Waals surface area contributed by atoms with Crippen molar-refractivity contribution in [2.24, 2.45) is 0 Å². The van der Waals surface area contributed by atoms with Gasteiger partial charge in [-0.2, -0.15) is 0 Å². The zero-order valence-corrected chi connectivity index (χ0v) is 5.84. The van der Waals surface area contributed by atoms with Crippen molar-refractivity contribution in [3.8, 4) is 5.88 Å². The zero-order chi connectivity index (χ0) is 9.30. The second kappa shape index (κ2) is 2.80. The van der Waals surface area contributed by atoms with Crippen LogP contribution in [0, 0.1) is 0 Å². The van der Waals surface area contributed by atoms with Gasteiger partial charge in [-0.3, -0.25) is 9.78 Å². The van der Waals surface area contributed by atoms with E-state index in [4.69, 9.17) is 10.8 Å². The molecule has 1 aromatic rings. The van der Waals surface area contributed by atoms with E-state index in [-0.39, 0.29) is 0 Å². The van der Waals surface area contributed by atoms with E-state index in [1.54, 1.807) is 0 Å². The van der Waals surface area contributed by atoms with E-state index >= 15 is 0 Å². The van der Waals surface area contributed by atoms with Crippen LogP contribution >= 0.6 is 0 Å². The summed E-state index contributed by atoms with van der Waals surface area (Å²) in [5.41, 5.74) is 3.09. The van der Waals surface area contributed by atoms with Crippen LogP contribution in [0.3, 0.4) is 0 Å². The third-order valence-corrected chi connectivity index (χ3v) is 1.33. The van der Waals surface area contributed by atoms with Crippen LogP contribution in [0.2, 0.25) is 0 Å². The Hall–Kier alpha value is -1.59. The average Bonchev–Trinajstić information content (AvgIpc) is 1.96. The maximum Gasteiger partial charge on any atom is 0.266 e. The Labute approximate surface area is 65.6 Å². The monoisotopic (exact) mass is 176 g/mol. The molecule has 1 heterocycles. The molecule has 4 nitrogen and oxygen atoms in total. The second-order valence-electron chi connectivity index (χ2n) is 2.15. The third kappa shape index (κ3) is 1.36. The lowest BCUT2D eigenvalue weighted by Crippen LogP contribution is -2.09. The lowest BCUT2D eigenvalue weighted by atomic mass is 10.2. The van der Waals surface area contributed by atoms with Crippen molar-refractivity contribution in [2.45, 2.75) is 6.43 Å². The number of anilines is 1. The summed E-state index contributed by atoms with van der Waals surface area (Å²) in [5, 5.41) is 8.82. The minimum atomic E-state index is -2.86. The van der Waals surface area contributed by atoms with Crippen LogP contribution in [0.25, 0.3) is 0 Å². The van der Waals surface area contributed by atoms with E-state index in [2.05, 4.69) is 0 Å². The molecule has 1 aromatic heterocycles. The Morgan fingerprint density at radius 1 is 1.58 bits per heavy atom. The van der Waals surface area contributed by atoms with Crippen LogP contribution < -0.4 is 11.3 Å². The van der Waals surface area contributed by atoms with Crippen molar-refractivity contribution < 1.29 is 13.9 Å². The molecule has 0 aliphatic heterocycles. The van der Waals surface area contributed by atoms with Gasteiger partial charge in [0.1, 0.15) is 5.69 Å². The van der Waals surface area contributed by atoms with Crippen molar-refractivity contribution in [1.82, 2.24) is 4.98 Å². The summed E-state index contributed by atoms with van der Waals surface area (Å²) in [5.74, 6) is -0.724. The second-order valence-corrected chi connectivity index (χ2v) is 2.15. The van der Waals surface area contributed by atoms with Crippen molar-refractivity contribution in [1.29, 1.82) is 0 Å². The van der Waals surface area contributed by atoms with Crippen molar-refractivity contribution >= 4 is 5.69 Å². The number of aromatic amines is 1. The molecule has 0 aliphatic rings. The number of nitrogen functional groups attached to an aromatic ring is 1. The number of hydrogen-bond acceptors (Lipinski definition) is 3. The first-order valence-corrected chi connectivity index (χ1v) is 3.02. The van der Waals surface area contributed by atoms with Gasteiger partial charge in [0.15, 0.2) is 0 Å². The van der Waals surface area contributed by atoms with Gasteiger partial charge in [0, 0.05) is 6.07 Å². The van der Waals surface area contributed by atoms with Crippen LogP contribution in [0.1, 0.15) is 12.0 Å². The van der Waals surface area contributed by atoms with E-state index in [1.807, 2.05) is 4.98 Å². The fourth-order valence-electron chi connectivity index (χ4n) is 0.756. The first kappa shape index (κ1) is 8.51. The Kier molecular flexibility index (Phi) is 1.99. The molecule has 12 heavy (non-hydrogen) atoms. The Bertz CT molecular complexity index is 348. The summed E-state index contributed by atoms with van der Waals surface area (Å²) in [6.07, 6.45) is -2.86. The zero-order valence-electron chi connectivity index (χ0n) is 5.84. The van der Waals surface area contributed by atoms with Crippen LogP contribution in [0.5, 0.6) is 5.88 Å².